The first kappa shape index (κ1) is 13.3. The smallest absolute Gasteiger partial charge is 0.142 e. The average Bonchev–Trinajstić information content (AvgIpc) is 2.87. The maximum absolute atomic E-state index is 8.80. The lowest BCUT2D eigenvalue weighted by Gasteiger charge is -2.24. The lowest BCUT2D eigenvalue weighted by molar-refractivity contribution is 0.572. The summed E-state index contributed by atoms with van der Waals surface area (Å²) in [5.74, 6) is 1.55. The van der Waals surface area contributed by atoms with Gasteiger partial charge in [0.1, 0.15) is 17.8 Å². The second kappa shape index (κ2) is 6.19. The molecular weight excluding hydrogens is 238 g/mol. The first-order chi connectivity index (χ1) is 9.22. The predicted molar refractivity (Wildman–Crippen MR) is 75.8 cm³/mol. The first-order valence-electron chi connectivity index (χ1n) is 6.62. The van der Waals surface area contributed by atoms with E-state index in [1.54, 1.807) is 6.33 Å². The van der Waals surface area contributed by atoms with Gasteiger partial charge in [0, 0.05) is 19.3 Å². The molecule has 0 aliphatic heterocycles. The molecule has 0 aliphatic carbocycles. The molecule has 5 heteroatoms. The van der Waals surface area contributed by atoms with Crippen LogP contribution in [0.15, 0.2) is 18.6 Å². The molecule has 2 heterocycles. The van der Waals surface area contributed by atoms with Crippen LogP contribution in [0.1, 0.15) is 26.7 Å². The highest BCUT2D eigenvalue weighted by Crippen LogP contribution is 2.22. The number of fused-ring (bicyclic) bond motifs is 1. The van der Waals surface area contributed by atoms with Crippen molar-refractivity contribution in [3.63, 3.8) is 0 Å². The molecule has 0 bridgehead atoms. The lowest BCUT2D eigenvalue weighted by atomic mass is 10.1. The van der Waals surface area contributed by atoms with Crippen molar-refractivity contribution in [3.05, 3.63) is 18.6 Å². The number of anilines is 1. The molecule has 0 unspecified atom stereocenters. The monoisotopic (exact) mass is 257 g/mol. The minimum Gasteiger partial charge on any atom is -0.355 e. The zero-order valence-corrected chi connectivity index (χ0v) is 11.4. The van der Waals surface area contributed by atoms with Gasteiger partial charge in [0.15, 0.2) is 0 Å². The molecule has 0 aliphatic rings. The third kappa shape index (κ3) is 3.22. The molecule has 0 saturated carbocycles. The van der Waals surface area contributed by atoms with Gasteiger partial charge in [-0.1, -0.05) is 13.8 Å². The highest BCUT2D eigenvalue weighted by atomic mass is 15.2. The topological polar surface area (TPSA) is 68.6 Å². The molecular formula is C14H19N5. The fraction of sp³-hybridized carbons (Fsp3) is 0.500. The molecule has 100 valence electrons. The summed E-state index contributed by atoms with van der Waals surface area (Å²) in [7, 11) is 0. The summed E-state index contributed by atoms with van der Waals surface area (Å²) in [6, 6.07) is 4.19. The zero-order chi connectivity index (χ0) is 13.7. The van der Waals surface area contributed by atoms with Crippen molar-refractivity contribution in [2.45, 2.75) is 26.7 Å². The molecule has 2 rings (SSSR count). The Bertz CT molecular complexity index is 566. The van der Waals surface area contributed by atoms with Gasteiger partial charge < -0.3 is 9.88 Å². The number of hydrogen-bond donors (Lipinski definition) is 1. The van der Waals surface area contributed by atoms with Crippen LogP contribution in [0.25, 0.3) is 11.0 Å². The third-order valence-corrected chi connectivity index (χ3v) is 3.10. The summed E-state index contributed by atoms with van der Waals surface area (Å²) >= 11 is 0. The van der Waals surface area contributed by atoms with Crippen molar-refractivity contribution in [2.75, 3.05) is 18.0 Å². The lowest BCUT2D eigenvalue weighted by Crippen LogP contribution is -2.27. The van der Waals surface area contributed by atoms with Crippen LogP contribution in [0.4, 0.5) is 5.82 Å². The molecule has 0 fully saturated rings. The van der Waals surface area contributed by atoms with Crippen molar-refractivity contribution >= 4 is 16.9 Å². The number of nitrogens with one attached hydrogen (secondary N) is 1. The van der Waals surface area contributed by atoms with E-state index in [1.165, 1.54) is 0 Å². The van der Waals surface area contributed by atoms with Crippen molar-refractivity contribution < 1.29 is 0 Å². The number of aromatic amines is 1. The van der Waals surface area contributed by atoms with Gasteiger partial charge in [0.25, 0.3) is 0 Å². The van der Waals surface area contributed by atoms with E-state index in [2.05, 4.69) is 39.8 Å². The highest BCUT2D eigenvalue weighted by molar-refractivity contribution is 5.87. The largest absolute Gasteiger partial charge is 0.355 e. The Labute approximate surface area is 113 Å². The Hall–Kier alpha value is -2.09. The Kier molecular flexibility index (Phi) is 4.35. The van der Waals surface area contributed by atoms with Gasteiger partial charge >= 0.3 is 0 Å². The van der Waals surface area contributed by atoms with Crippen molar-refractivity contribution in [3.8, 4) is 6.07 Å². The number of aromatic nitrogens is 3. The number of H-pyrrole nitrogens is 1. The second-order valence-electron chi connectivity index (χ2n) is 5.01. The van der Waals surface area contributed by atoms with E-state index in [-0.39, 0.29) is 0 Å². The van der Waals surface area contributed by atoms with E-state index in [0.29, 0.717) is 18.9 Å². The number of nitriles is 1. The van der Waals surface area contributed by atoms with Crippen molar-refractivity contribution in [1.82, 2.24) is 15.0 Å². The second-order valence-corrected chi connectivity index (χ2v) is 5.01. The highest BCUT2D eigenvalue weighted by Gasteiger charge is 2.13. The van der Waals surface area contributed by atoms with Crippen LogP contribution in [-0.2, 0) is 0 Å². The van der Waals surface area contributed by atoms with Crippen molar-refractivity contribution in [2.24, 2.45) is 5.92 Å². The van der Waals surface area contributed by atoms with Gasteiger partial charge in [0.2, 0.25) is 0 Å². The summed E-state index contributed by atoms with van der Waals surface area (Å²) in [6.45, 7) is 6.03. The maximum atomic E-state index is 8.80. The van der Waals surface area contributed by atoms with Gasteiger partial charge in [0.05, 0.1) is 17.9 Å². The standard InChI is InChI=1S/C14H19N5/c1-11(2)5-9-19(8-3-6-15)14-12-4-7-16-13(12)17-10-18-14/h4,7,10-11H,3,5,8-9H2,1-2H3,(H,16,17,18). The summed E-state index contributed by atoms with van der Waals surface area (Å²) in [5, 5.41) is 9.81. The normalized spacial score (nSPS) is 10.8. The van der Waals surface area contributed by atoms with Gasteiger partial charge in [-0.25, -0.2) is 9.97 Å². The minimum atomic E-state index is 0.508. The molecule has 0 atom stereocenters. The van der Waals surface area contributed by atoms with Crippen molar-refractivity contribution in [1.29, 1.82) is 5.26 Å². The van der Waals surface area contributed by atoms with E-state index < -0.39 is 0 Å². The fourth-order valence-electron chi connectivity index (χ4n) is 2.03. The van der Waals surface area contributed by atoms with E-state index in [0.717, 1.165) is 29.8 Å². The van der Waals surface area contributed by atoms with Crippen LogP contribution >= 0.6 is 0 Å². The summed E-state index contributed by atoms with van der Waals surface area (Å²) < 4.78 is 0. The molecule has 0 spiro atoms. The Morgan fingerprint density at radius 1 is 1.37 bits per heavy atom. The molecule has 0 radical (unpaired) electrons. The Morgan fingerprint density at radius 2 is 2.21 bits per heavy atom. The first-order valence-corrected chi connectivity index (χ1v) is 6.62. The fourth-order valence-corrected chi connectivity index (χ4v) is 2.03. The third-order valence-electron chi connectivity index (χ3n) is 3.10. The van der Waals surface area contributed by atoms with E-state index in [9.17, 15) is 0 Å². The Balaban J connectivity index is 2.25. The number of rotatable bonds is 6. The quantitative estimate of drug-likeness (QED) is 0.864. The molecule has 0 amide bonds. The molecule has 5 nitrogen and oxygen atoms in total. The molecule has 2 aromatic rings. The van der Waals surface area contributed by atoms with E-state index in [1.807, 2.05) is 12.3 Å². The molecule has 0 aromatic carbocycles. The SMILES string of the molecule is CC(C)CCN(CCC#N)c1ncnc2[nH]ccc12. The Morgan fingerprint density at radius 3 is 2.95 bits per heavy atom. The number of hydrogen-bond acceptors (Lipinski definition) is 4. The van der Waals surface area contributed by atoms with Gasteiger partial charge in [-0.05, 0) is 18.4 Å². The van der Waals surface area contributed by atoms with Gasteiger partial charge in [-0.2, -0.15) is 5.26 Å². The van der Waals surface area contributed by atoms with Crippen LogP contribution in [-0.4, -0.2) is 28.0 Å². The molecule has 1 N–H and O–H groups in total. The van der Waals surface area contributed by atoms with E-state index >= 15 is 0 Å². The summed E-state index contributed by atoms with van der Waals surface area (Å²) in [6.07, 6.45) is 5.03. The molecule has 2 aromatic heterocycles. The average molecular weight is 257 g/mol. The van der Waals surface area contributed by atoms with Crippen LogP contribution in [0.2, 0.25) is 0 Å². The van der Waals surface area contributed by atoms with Gasteiger partial charge in [-0.15, -0.1) is 0 Å². The predicted octanol–water partition coefficient (Wildman–Crippen LogP) is 2.72. The minimum absolute atomic E-state index is 0.508. The maximum Gasteiger partial charge on any atom is 0.142 e. The van der Waals surface area contributed by atoms with E-state index in [4.69, 9.17) is 5.26 Å². The van der Waals surface area contributed by atoms with Crippen LogP contribution in [0, 0.1) is 17.2 Å². The van der Waals surface area contributed by atoms with Crippen LogP contribution in [0.3, 0.4) is 0 Å². The molecule has 0 saturated heterocycles. The molecule has 19 heavy (non-hydrogen) atoms. The number of nitrogens with zero attached hydrogens (tertiary/aromatic N) is 4. The van der Waals surface area contributed by atoms with Crippen LogP contribution in [0.5, 0.6) is 0 Å². The summed E-state index contributed by atoms with van der Waals surface area (Å²) in [4.78, 5) is 13.9. The van der Waals surface area contributed by atoms with Gasteiger partial charge in [-0.3, -0.25) is 0 Å². The zero-order valence-electron chi connectivity index (χ0n) is 11.4. The van der Waals surface area contributed by atoms with Crippen LogP contribution < -0.4 is 4.90 Å². The summed E-state index contributed by atoms with van der Waals surface area (Å²) in [5.41, 5.74) is 0.844.